The third-order valence-corrected chi connectivity index (χ3v) is 6.24. The fourth-order valence-electron chi connectivity index (χ4n) is 2.88. The van der Waals surface area contributed by atoms with E-state index in [9.17, 15) is 17.6 Å². The summed E-state index contributed by atoms with van der Waals surface area (Å²) in [5, 5.41) is 2.71. The number of ether oxygens (including phenoxy) is 1. The predicted octanol–water partition coefficient (Wildman–Crippen LogP) is 2.79. The first-order valence-electron chi connectivity index (χ1n) is 9.48. The van der Waals surface area contributed by atoms with Crippen molar-refractivity contribution in [2.75, 3.05) is 32.8 Å². The van der Waals surface area contributed by atoms with Gasteiger partial charge in [0.25, 0.3) is 5.91 Å². The van der Waals surface area contributed by atoms with Gasteiger partial charge in [0.2, 0.25) is 10.0 Å². The van der Waals surface area contributed by atoms with Gasteiger partial charge in [0, 0.05) is 38.4 Å². The molecule has 1 aromatic carbocycles. The number of carbonyl (C=O) groups is 1. The topological polar surface area (TPSA) is 75.7 Å². The summed E-state index contributed by atoms with van der Waals surface area (Å²) in [5.41, 5.74) is 0.134. The van der Waals surface area contributed by atoms with Gasteiger partial charge in [-0.2, -0.15) is 4.31 Å². The molecule has 0 bridgehead atoms. The highest BCUT2D eigenvalue weighted by Gasteiger charge is 2.29. The molecule has 1 aromatic rings. The van der Waals surface area contributed by atoms with Crippen molar-refractivity contribution in [3.05, 3.63) is 29.6 Å². The van der Waals surface area contributed by atoms with Gasteiger partial charge in [0.15, 0.2) is 0 Å². The molecule has 1 aliphatic heterocycles. The number of nitrogens with zero attached hydrogens (tertiary/aromatic N) is 1. The van der Waals surface area contributed by atoms with Crippen LogP contribution in [0.2, 0.25) is 0 Å². The van der Waals surface area contributed by atoms with Crippen LogP contribution in [0.25, 0.3) is 0 Å². The van der Waals surface area contributed by atoms with E-state index in [1.165, 1.54) is 10.4 Å². The van der Waals surface area contributed by atoms with Crippen molar-refractivity contribution in [3.8, 4) is 0 Å². The van der Waals surface area contributed by atoms with Crippen molar-refractivity contribution in [1.29, 1.82) is 0 Å². The molecule has 1 amide bonds. The van der Waals surface area contributed by atoms with Crippen molar-refractivity contribution < 1.29 is 22.3 Å². The van der Waals surface area contributed by atoms with Crippen LogP contribution in [-0.2, 0) is 14.8 Å². The van der Waals surface area contributed by atoms with Gasteiger partial charge in [-0.1, -0.05) is 20.3 Å². The van der Waals surface area contributed by atoms with Crippen LogP contribution in [-0.4, -0.2) is 51.5 Å². The number of rotatable bonds is 9. The van der Waals surface area contributed by atoms with Crippen molar-refractivity contribution in [2.45, 2.75) is 44.4 Å². The van der Waals surface area contributed by atoms with E-state index in [0.717, 1.165) is 31.4 Å². The Kier molecular flexibility index (Phi) is 8.19. The van der Waals surface area contributed by atoms with Crippen molar-refractivity contribution >= 4 is 15.9 Å². The van der Waals surface area contributed by atoms with Gasteiger partial charge in [-0.25, -0.2) is 12.8 Å². The maximum absolute atomic E-state index is 14.2. The lowest BCUT2D eigenvalue weighted by atomic mass is 10.2. The monoisotopic (exact) mass is 400 g/mol. The van der Waals surface area contributed by atoms with Crippen molar-refractivity contribution in [2.24, 2.45) is 5.92 Å². The van der Waals surface area contributed by atoms with Crippen LogP contribution in [0, 0.1) is 11.7 Å². The summed E-state index contributed by atoms with van der Waals surface area (Å²) in [6.07, 6.45) is 3.15. The van der Waals surface area contributed by atoms with Crippen LogP contribution in [0.3, 0.4) is 0 Å². The zero-order valence-corrected chi connectivity index (χ0v) is 16.9. The van der Waals surface area contributed by atoms with Crippen molar-refractivity contribution in [1.82, 2.24) is 9.62 Å². The molecule has 0 radical (unpaired) electrons. The highest BCUT2D eigenvalue weighted by Crippen LogP contribution is 2.24. The average Bonchev–Trinajstić information content (AvgIpc) is 2.65. The number of benzene rings is 1. The SMILES string of the molecule is CC(C)COCCCNC(=O)c1ccc(F)c(S(=O)(=O)N2CCCCC2)c1. The Bertz CT molecular complexity index is 731. The highest BCUT2D eigenvalue weighted by molar-refractivity contribution is 7.89. The lowest BCUT2D eigenvalue weighted by Crippen LogP contribution is -2.36. The molecule has 1 saturated heterocycles. The third-order valence-electron chi connectivity index (χ3n) is 4.33. The van der Waals surface area contributed by atoms with Crippen LogP contribution in [0.15, 0.2) is 23.1 Å². The Morgan fingerprint density at radius 1 is 1.26 bits per heavy atom. The second-order valence-corrected chi connectivity index (χ2v) is 9.09. The fourth-order valence-corrected chi connectivity index (χ4v) is 4.49. The second-order valence-electron chi connectivity index (χ2n) is 7.19. The summed E-state index contributed by atoms with van der Waals surface area (Å²) >= 11 is 0. The Morgan fingerprint density at radius 3 is 2.63 bits per heavy atom. The zero-order chi connectivity index (χ0) is 19.9. The van der Waals surface area contributed by atoms with Gasteiger partial charge >= 0.3 is 0 Å². The van der Waals surface area contributed by atoms with Crippen molar-refractivity contribution in [3.63, 3.8) is 0 Å². The first kappa shape index (κ1) is 21.8. The summed E-state index contributed by atoms with van der Waals surface area (Å²) < 4.78 is 46.3. The number of hydrogen-bond donors (Lipinski definition) is 1. The molecular formula is C19H29FN2O4S. The molecule has 27 heavy (non-hydrogen) atoms. The molecule has 8 heteroatoms. The average molecular weight is 401 g/mol. The quantitative estimate of drug-likeness (QED) is 0.647. The highest BCUT2D eigenvalue weighted by atomic mass is 32.2. The zero-order valence-electron chi connectivity index (χ0n) is 16.0. The molecule has 1 fully saturated rings. The fraction of sp³-hybridized carbons (Fsp3) is 0.632. The summed E-state index contributed by atoms with van der Waals surface area (Å²) in [7, 11) is -3.93. The summed E-state index contributed by atoms with van der Waals surface area (Å²) in [5.74, 6) is -0.799. The lowest BCUT2D eigenvalue weighted by Gasteiger charge is -2.26. The molecule has 2 rings (SSSR count). The molecule has 0 saturated carbocycles. The smallest absolute Gasteiger partial charge is 0.251 e. The Morgan fingerprint density at radius 2 is 1.96 bits per heavy atom. The number of sulfonamides is 1. The molecule has 0 unspecified atom stereocenters. The van der Waals surface area contributed by atoms with E-state index in [1.54, 1.807) is 0 Å². The molecule has 0 spiro atoms. The van der Waals surface area contributed by atoms with Crippen LogP contribution in [0.5, 0.6) is 0 Å². The van der Waals surface area contributed by atoms with Crippen LogP contribution >= 0.6 is 0 Å². The Balaban J connectivity index is 1.98. The van der Waals surface area contributed by atoms with Gasteiger partial charge in [-0.05, 0) is 43.4 Å². The van der Waals surface area contributed by atoms with E-state index in [4.69, 9.17) is 4.74 Å². The number of piperidine rings is 1. The van der Waals surface area contributed by atoms with Crippen LogP contribution in [0.4, 0.5) is 4.39 Å². The number of hydrogen-bond acceptors (Lipinski definition) is 4. The Hall–Kier alpha value is -1.51. The molecule has 1 heterocycles. The van der Waals surface area contributed by atoms with E-state index < -0.39 is 26.6 Å². The molecule has 0 aliphatic carbocycles. The first-order chi connectivity index (χ1) is 12.8. The molecule has 0 aromatic heterocycles. The molecular weight excluding hydrogens is 371 g/mol. The maximum atomic E-state index is 14.2. The van der Waals surface area contributed by atoms with Gasteiger partial charge in [-0.3, -0.25) is 4.79 Å². The molecule has 6 nitrogen and oxygen atoms in total. The van der Waals surface area contributed by atoms with Gasteiger partial charge < -0.3 is 10.1 Å². The van der Waals surface area contributed by atoms with E-state index in [0.29, 0.717) is 45.2 Å². The molecule has 1 aliphatic rings. The van der Waals surface area contributed by atoms with E-state index in [1.807, 2.05) is 0 Å². The largest absolute Gasteiger partial charge is 0.381 e. The second kappa shape index (κ2) is 10.1. The predicted molar refractivity (Wildman–Crippen MR) is 102 cm³/mol. The minimum absolute atomic E-state index is 0.134. The number of halogens is 1. The van der Waals surface area contributed by atoms with E-state index >= 15 is 0 Å². The first-order valence-corrected chi connectivity index (χ1v) is 10.9. The third kappa shape index (κ3) is 6.26. The van der Waals surface area contributed by atoms with Gasteiger partial charge in [0.05, 0.1) is 0 Å². The molecule has 1 N–H and O–H groups in total. The Labute approximate surface area is 161 Å². The standard InChI is InChI=1S/C19H29FN2O4S/c1-15(2)14-26-12-6-9-21-19(23)16-7-8-17(20)18(13-16)27(24,25)22-10-4-3-5-11-22/h7-8,13,15H,3-6,9-12,14H2,1-2H3,(H,21,23). The minimum atomic E-state index is -3.93. The normalized spacial score (nSPS) is 15.9. The summed E-state index contributed by atoms with van der Waals surface area (Å²) in [6, 6.07) is 3.47. The summed E-state index contributed by atoms with van der Waals surface area (Å²) in [6.45, 7) is 6.50. The minimum Gasteiger partial charge on any atom is -0.381 e. The van der Waals surface area contributed by atoms with Gasteiger partial charge in [-0.15, -0.1) is 0 Å². The van der Waals surface area contributed by atoms with E-state index in [-0.39, 0.29) is 5.56 Å². The van der Waals surface area contributed by atoms with Crippen LogP contribution < -0.4 is 5.32 Å². The lowest BCUT2D eigenvalue weighted by molar-refractivity contribution is 0.0924. The number of carbonyl (C=O) groups excluding carboxylic acids is 1. The number of amides is 1. The van der Waals surface area contributed by atoms with Crippen LogP contribution in [0.1, 0.15) is 49.9 Å². The molecule has 0 atom stereocenters. The van der Waals surface area contributed by atoms with E-state index in [2.05, 4.69) is 19.2 Å². The van der Waals surface area contributed by atoms with Gasteiger partial charge in [0.1, 0.15) is 10.7 Å². The maximum Gasteiger partial charge on any atom is 0.251 e. The summed E-state index contributed by atoms with van der Waals surface area (Å²) in [4.78, 5) is 11.8. The molecule has 152 valence electrons. The number of nitrogens with one attached hydrogen (secondary N) is 1.